The maximum Gasteiger partial charge on any atom is 0.236 e. The maximum atomic E-state index is 12.3. The predicted molar refractivity (Wildman–Crippen MR) is 161 cm³/mol. The first kappa shape index (κ1) is 31.7. The summed E-state index contributed by atoms with van der Waals surface area (Å²) in [5.74, 6) is 2.03. The van der Waals surface area contributed by atoms with Crippen molar-refractivity contribution in [2.24, 2.45) is 0 Å². The van der Waals surface area contributed by atoms with Crippen LogP contribution in [0, 0.1) is 0 Å². The number of ether oxygens (including phenoxy) is 3. The highest BCUT2D eigenvalue weighted by Crippen LogP contribution is 2.41. The van der Waals surface area contributed by atoms with Crippen molar-refractivity contribution < 1.29 is 28.8 Å². The fraction of sp³-hybridized carbons (Fsp3) is 0.438. The number of hydrogen-bond donors (Lipinski definition) is 3. The van der Waals surface area contributed by atoms with E-state index in [4.69, 9.17) is 14.2 Å². The van der Waals surface area contributed by atoms with Crippen LogP contribution in [-0.2, 0) is 17.6 Å². The largest absolute Gasteiger partial charge is 0.491 e. The fourth-order valence-electron chi connectivity index (χ4n) is 4.13. The summed E-state index contributed by atoms with van der Waals surface area (Å²) in [4.78, 5) is 10.1. The van der Waals surface area contributed by atoms with Gasteiger partial charge in [-0.1, -0.05) is 68.7 Å². The molecule has 218 valence electrons. The third-order valence-electron chi connectivity index (χ3n) is 6.48. The van der Waals surface area contributed by atoms with E-state index in [1.807, 2.05) is 78.9 Å². The standard InChI is InChI=1S/C32H44NO6P/c1-3-4-5-9-20-40(35,36)25-39-32-14-12-27(13-15-32)21-26(2)33-22-29(34)24-38-31-18-16-30(17-19-31)37-23-28-10-7-6-8-11-28/h6-8,10-19,26,29,33-34H,3-5,9,20-25H2,1-2H3,(H,35,36)/t26-,29+/m1/s1. The summed E-state index contributed by atoms with van der Waals surface area (Å²) in [5.41, 5.74) is 2.22. The third-order valence-corrected chi connectivity index (χ3v) is 8.02. The van der Waals surface area contributed by atoms with Gasteiger partial charge >= 0.3 is 0 Å². The number of benzene rings is 3. The van der Waals surface area contributed by atoms with E-state index in [1.165, 1.54) is 0 Å². The van der Waals surface area contributed by atoms with Gasteiger partial charge in [0.05, 0.1) is 0 Å². The molecule has 3 aromatic rings. The first-order chi connectivity index (χ1) is 19.3. The van der Waals surface area contributed by atoms with Crippen molar-refractivity contribution in [2.45, 2.75) is 64.7 Å². The first-order valence-electron chi connectivity index (χ1n) is 14.2. The molecule has 0 fully saturated rings. The molecule has 3 atom stereocenters. The quantitative estimate of drug-likeness (QED) is 0.113. The molecule has 3 rings (SSSR count). The van der Waals surface area contributed by atoms with E-state index in [0.29, 0.717) is 30.8 Å². The first-order valence-corrected chi connectivity index (χ1v) is 16.2. The van der Waals surface area contributed by atoms with Crippen LogP contribution in [0.4, 0.5) is 0 Å². The van der Waals surface area contributed by atoms with Crippen LogP contribution in [-0.4, -0.2) is 47.8 Å². The minimum absolute atomic E-state index is 0.142. The predicted octanol–water partition coefficient (Wildman–Crippen LogP) is 6.41. The van der Waals surface area contributed by atoms with Crippen molar-refractivity contribution >= 4 is 7.37 Å². The lowest BCUT2D eigenvalue weighted by Gasteiger charge is -2.18. The highest BCUT2D eigenvalue weighted by atomic mass is 31.2. The lowest BCUT2D eigenvalue weighted by molar-refractivity contribution is 0.104. The summed E-state index contributed by atoms with van der Waals surface area (Å²) in [6.45, 7) is 5.28. The van der Waals surface area contributed by atoms with Crippen LogP contribution in [0.2, 0.25) is 0 Å². The molecule has 0 heterocycles. The molecular formula is C32H44NO6P. The smallest absolute Gasteiger partial charge is 0.236 e. The average Bonchev–Trinajstić information content (AvgIpc) is 2.97. The SMILES string of the molecule is CCCCCCP(=O)(O)COc1ccc(C[C@@H](C)NC[C@H](O)COc2ccc(OCc3ccccc3)cc2)cc1. The molecule has 0 aromatic heterocycles. The second-order valence-corrected chi connectivity index (χ2v) is 12.7. The Balaban J connectivity index is 1.30. The van der Waals surface area contributed by atoms with Crippen LogP contribution >= 0.6 is 7.37 Å². The minimum Gasteiger partial charge on any atom is -0.491 e. The van der Waals surface area contributed by atoms with Gasteiger partial charge in [0.25, 0.3) is 0 Å². The minimum atomic E-state index is -3.26. The van der Waals surface area contributed by atoms with Crippen LogP contribution in [0.3, 0.4) is 0 Å². The van der Waals surface area contributed by atoms with Gasteiger partial charge in [0.2, 0.25) is 7.37 Å². The molecule has 0 spiro atoms. The van der Waals surface area contributed by atoms with Crippen molar-refractivity contribution in [3.8, 4) is 17.2 Å². The van der Waals surface area contributed by atoms with Crippen LogP contribution in [0.1, 0.15) is 50.7 Å². The second-order valence-electron chi connectivity index (χ2n) is 10.3. The van der Waals surface area contributed by atoms with E-state index in [9.17, 15) is 14.6 Å². The Morgan fingerprint density at radius 3 is 2.10 bits per heavy atom. The number of aliphatic hydroxyl groups excluding tert-OH is 1. The molecule has 0 saturated heterocycles. The van der Waals surface area contributed by atoms with E-state index < -0.39 is 13.5 Å². The van der Waals surface area contributed by atoms with Crippen molar-refractivity contribution in [3.63, 3.8) is 0 Å². The van der Waals surface area contributed by atoms with E-state index >= 15 is 0 Å². The molecule has 0 aliphatic carbocycles. The normalized spacial score (nSPS) is 14.2. The van der Waals surface area contributed by atoms with Gasteiger partial charge in [-0.15, -0.1) is 0 Å². The van der Waals surface area contributed by atoms with Gasteiger partial charge in [-0.2, -0.15) is 0 Å². The zero-order valence-electron chi connectivity index (χ0n) is 23.7. The molecule has 40 heavy (non-hydrogen) atoms. The number of unbranched alkanes of at least 4 members (excludes halogenated alkanes) is 3. The van der Waals surface area contributed by atoms with Gasteiger partial charge in [-0.25, -0.2) is 0 Å². The number of hydrogen-bond acceptors (Lipinski definition) is 6. The topological polar surface area (TPSA) is 97.3 Å². The summed E-state index contributed by atoms with van der Waals surface area (Å²) in [6.07, 6.45) is 4.20. The zero-order valence-corrected chi connectivity index (χ0v) is 24.6. The van der Waals surface area contributed by atoms with Crippen molar-refractivity contribution in [3.05, 3.63) is 90.0 Å². The lowest BCUT2D eigenvalue weighted by Crippen LogP contribution is -2.37. The summed E-state index contributed by atoms with van der Waals surface area (Å²) < 4.78 is 29.4. The third kappa shape index (κ3) is 12.6. The van der Waals surface area contributed by atoms with Gasteiger partial charge in [-0.3, -0.25) is 4.57 Å². The Kier molecular flexibility index (Phi) is 13.5. The van der Waals surface area contributed by atoms with E-state index in [-0.39, 0.29) is 19.0 Å². The summed E-state index contributed by atoms with van der Waals surface area (Å²) in [6, 6.07) is 25.1. The fourth-order valence-corrected chi connectivity index (χ4v) is 5.33. The maximum absolute atomic E-state index is 12.3. The number of rotatable bonds is 19. The van der Waals surface area contributed by atoms with Crippen molar-refractivity contribution in [1.82, 2.24) is 5.32 Å². The lowest BCUT2D eigenvalue weighted by atomic mass is 10.1. The molecule has 0 aliphatic rings. The Hall–Kier alpha value is -2.83. The molecule has 8 heteroatoms. The monoisotopic (exact) mass is 569 g/mol. The van der Waals surface area contributed by atoms with E-state index in [0.717, 1.165) is 49.0 Å². The van der Waals surface area contributed by atoms with Crippen LogP contribution in [0.25, 0.3) is 0 Å². The molecule has 0 radical (unpaired) electrons. The van der Waals surface area contributed by atoms with Crippen LogP contribution in [0.5, 0.6) is 17.2 Å². The molecule has 0 aliphatic heterocycles. The van der Waals surface area contributed by atoms with Gasteiger partial charge in [0.1, 0.15) is 36.6 Å². The van der Waals surface area contributed by atoms with Gasteiger partial charge in [0, 0.05) is 18.7 Å². The van der Waals surface area contributed by atoms with Crippen molar-refractivity contribution in [2.75, 3.05) is 25.7 Å². The van der Waals surface area contributed by atoms with Crippen molar-refractivity contribution in [1.29, 1.82) is 0 Å². The summed E-state index contributed by atoms with van der Waals surface area (Å²) in [7, 11) is -3.26. The molecular weight excluding hydrogens is 525 g/mol. The number of aliphatic hydroxyl groups is 1. The Bertz CT molecular complexity index is 1140. The average molecular weight is 570 g/mol. The highest BCUT2D eigenvalue weighted by molar-refractivity contribution is 7.57. The molecule has 7 nitrogen and oxygen atoms in total. The highest BCUT2D eigenvalue weighted by Gasteiger charge is 2.18. The van der Waals surface area contributed by atoms with Gasteiger partial charge in [0.15, 0.2) is 6.35 Å². The second kappa shape index (κ2) is 17.1. The van der Waals surface area contributed by atoms with E-state index in [2.05, 4.69) is 19.2 Å². The summed E-state index contributed by atoms with van der Waals surface area (Å²) in [5, 5.41) is 13.7. The molecule has 0 saturated carbocycles. The van der Waals surface area contributed by atoms with Crippen LogP contribution in [0.15, 0.2) is 78.9 Å². The molecule has 3 N–H and O–H groups in total. The Labute approximate surface area is 239 Å². The van der Waals surface area contributed by atoms with Crippen LogP contribution < -0.4 is 19.5 Å². The zero-order chi connectivity index (χ0) is 28.6. The molecule has 1 unspecified atom stereocenters. The number of nitrogens with one attached hydrogen (secondary N) is 1. The van der Waals surface area contributed by atoms with Gasteiger partial charge < -0.3 is 29.5 Å². The van der Waals surface area contributed by atoms with E-state index in [1.54, 1.807) is 0 Å². The van der Waals surface area contributed by atoms with Gasteiger partial charge in [-0.05, 0) is 67.3 Å². The Morgan fingerprint density at radius 2 is 1.43 bits per heavy atom. The molecule has 0 amide bonds. The molecule has 3 aromatic carbocycles. The Morgan fingerprint density at radius 1 is 0.800 bits per heavy atom. The summed E-state index contributed by atoms with van der Waals surface area (Å²) >= 11 is 0. The molecule has 0 bridgehead atoms.